The predicted molar refractivity (Wildman–Crippen MR) is 109 cm³/mol. The van der Waals surface area contributed by atoms with E-state index in [0.717, 1.165) is 16.7 Å². The van der Waals surface area contributed by atoms with E-state index in [9.17, 15) is 9.59 Å². The molecule has 8 nitrogen and oxygen atoms in total. The summed E-state index contributed by atoms with van der Waals surface area (Å²) in [6.07, 6.45) is 1.62. The fraction of sp³-hybridized carbons (Fsp3) is 0.158. The van der Waals surface area contributed by atoms with Crippen molar-refractivity contribution >= 4 is 34.4 Å². The highest BCUT2D eigenvalue weighted by atomic mass is 32.2. The monoisotopic (exact) mass is 394 g/mol. The third-order valence-electron chi connectivity index (χ3n) is 4.38. The van der Waals surface area contributed by atoms with Gasteiger partial charge < -0.3 is 5.32 Å². The zero-order valence-corrected chi connectivity index (χ0v) is 16.2. The maximum atomic E-state index is 12.3. The Bertz CT molecular complexity index is 1210. The normalized spacial score (nSPS) is 11.1. The Labute approximate surface area is 164 Å². The molecule has 0 spiro atoms. The largest absolute Gasteiger partial charge is 0.328 e. The van der Waals surface area contributed by atoms with E-state index in [4.69, 9.17) is 0 Å². The van der Waals surface area contributed by atoms with Gasteiger partial charge >= 0.3 is 5.69 Å². The van der Waals surface area contributed by atoms with Crippen LogP contribution >= 0.6 is 11.8 Å². The van der Waals surface area contributed by atoms with Gasteiger partial charge in [0.15, 0.2) is 0 Å². The van der Waals surface area contributed by atoms with Crippen LogP contribution in [0.15, 0.2) is 64.8 Å². The molecule has 0 saturated carbocycles. The Balaban J connectivity index is 1.41. The van der Waals surface area contributed by atoms with Crippen LogP contribution in [0, 0.1) is 0 Å². The predicted octanol–water partition coefficient (Wildman–Crippen LogP) is 2.19. The smallest absolute Gasteiger partial charge is 0.325 e. The highest BCUT2D eigenvalue weighted by Crippen LogP contribution is 2.19. The Morgan fingerprint density at radius 3 is 2.61 bits per heavy atom. The number of amides is 1. The molecule has 4 rings (SSSR count). The van der Waals surface area contributed by atoms with E-state index < -0.39 is 0 Å². The van der Waals surface area contributed by atoms with Gasteiger partial charge in [-0.05, 0) is 30.3 Å². The molecule has 0 fully saturated rings. The van der Waals surface area contributed by atoms with Crippen molar-refractivity contribution in [3.63, 3.8) is 0 Å². The Kier molecular flexibility index (Phi) is 4.74. The van der Waals surface area contributed by atoms with Crippen molar-refractivity contribution in [2.45, 2.75) is 5.16 Å². The number of para-hydroxylation sites is 1. The van der Waals surface area contributed by atoms with Crippen LogP contribution in [-0.2, 0) is 18.9 Å². The summed E-state index contributed by atoms with van der Waals surface area (Å²) in [5, 5.41) is 7.75. The average Bonchev–Trinajstić information content (AvgIpc) is 3.27. The molecular weight excluding hydrogens is 376 g/mol. The van der Waals surface area contributed by atoms with E-state index in [0.29, 0.717) is 10.8 Å². The van der Waals surface area contributed by atoms with Crippen LogP contribution < -0.4 is 11.0 Å². The van der Waals surface area contributed by atoms with Gasteiger partial charge in [0.2, 0.25) is 11.1 Å². The topological polar surface area (TPSA) is 86.7 Å². The van der Waals surface area contributed by atoms with Gasteiger partial charge in [0.1, 0.15) is 6.33 Å². The standard InChI is InChI=1S/C19H18N6O2S/c1-23-15-9-8-13(10-16(15)24(2)19(23)27)21-17(26)11-28-18-20-12-25(22-18)14-6-4-3-5-7-14/h3-10,12H,11H2,1-2H3,(H,21,26). The molecule has 0 atom stereocenters. The second kappa shape index (κ2) is 7.35. The van der Waals surface area contributed by atoms with Crippen molar-refractivity contribution in [1.29, 1.82) is 0 Å². The number of anilines is 1. The van der Waals surface area contributed by atoms with Gasteiger partial charge in [0, 0.05) is 19.8 Å². The van der Waals surface area contributed by atoms with Crippen molar-refractivity contribution in [2.24, 2.45) is 14.1 Å². The van der Waals surface area contributed by atoms with Crippen LogP contribution in [0.2, 0.25) is 0 Å². The number of aryl methyl sites for hydroxylation is 2. The lowest BCUT2D eigenvalue weighted by Crippen LogP contribution is -2.19. The van der Waals surface area contributed by atoms with Gasteiger partial charge in [-0.15, -0.1) is 5.10 Å². The number of nitrogens with zero attached hydrogens (tertiary/aromatic N) is 5. The number of hydrogen-bond acceptors (Lipinski definition) is 5. The third-order valence-corrected chi connectivity index (χ3v) is 5.23. The molecule has 2 aromatic carbocycles. The first-order chi connectivity index (χ1) is 13.5. The molecular formula is C19H18N6O2S. The fourth-order valence-electron chi connectivity index (χ4n) is 2.93. The summed E-state index contributed by atoms with van der Waals surface area (Å²) in [7, 11) is 3.43. The van der Waals surface area contributed by atoms with Crippen LogP contribution in [-0.4, -0.2) is 35.6 Å². The van der Waals surface area contributed by atoms with Gasteiger partial charge in [-0.1, -0.05) is 30.0 Å². The number of benzene rings is 2. The molecule has 2 aromatic heterocycles. The lowest BCUT2D eigenvalue weighted by atomic mass is 10.2. The Morgan fingerprint density at radius 2 is 1.82 bits per heavy atom. The second-order valence-corrected chi connectivity index (χ2v) is 7.19. The summed E-state index contributed by atoms with van der Waals surface area (Å²) >= 11 is 1.26. The summed E-state index contributed by atoms with van der Waals surface area (Å²) in [5.41, 5.74) is 3.03. The molecule has 2 heterocycles. The number of fused-ring (bicyclic) bond motifs is 1. The van der Waals surface area contributed by atoms with Crippen molar-refractivity contribution in [1.82, 2.24) is 23.9 Å². The van der Waals surface area contributed by atoms with Crippen LogP contribution in [0.5, 0.6) is 0 Å². The molecule has 28 heavy (non-hydrogen) atoms. The summed E-state index contributed by atoms with van der Waals surface area (Å²) in [6, 6.07) is 15.1. The van der Waals surface area contributed by atoms with Crippen LogP contribution in [0.3, 0.4) is 0 Å². The number of rotatable bonds is 5. The van der Waals surface area contributed by atoms with Gasteiger partial charge in [-0.3, -0.25) is 13.9 Å². The minimum absolute atomic E-state index is 0.103. The molecule has 1 amide bonds. The minimum atomic E-state index is -0.165. The number of imidazole rings is 1. The minimum Gasteiger partial charge on any atom is -0.325 e. The summed E-state index contributed by atoms with van der Waals surface area (Å²) in [6.45, 7) is 0. The first-order valence-electron chi connectivity index (χ1n) is 8.58. The first kappa shape index (κ1) is 18.1. The third kappa shape index (κ3) is 3.44. The SMILES string of the molecule is Cn1c(=O)n(C)c2cc(NC(=O)CSc3ncn(-c4ccccc4)n3)ccc21. The number of thioether (sulfide) groups is 1. The van der Waals surface area contributed by atoms with Crippen LogP contribution in [0.25, 0.3) is 16.7 Å². The fourth-order valence-corrected chi connectivity index (χ4v) is 3.53. The molecule has 0 unspecified atom stereocenters. The first-order valence-corrected chi connectivity index (χ1v) is 9.56. The number of aromatic nitrogens is 5. The van der Waals surface area contributed by atoms with Crippen molar-refractivity contribution in [2.75, 3.05) is 11.1 Å². The van der Waals surface area contributed by atoms with Gasteiger partial charge in [0.25, 0.3) is 0 Å². The number of nitrogens with one attached hydrogen (secondary N) is 1. The Morgan fingerprint density at radius 1 is 1.07 bits per heavy atom. The Hall–Kier alpha value is -3.33. The lowest BCUT2D eigenvalue weighted by molar-refractivity contribution is -0.113. The van der Waals surface area contributed by atoms with Gasteiger partial charge in [0.05, 0.1) is 22.5 Å². The van der Waals surface area contributed by atoms with Crippen molar-refractivity contribution < 1.29 is 4.79 Å². The maximum absolute atomic E-state index is 12.3. The molecule has 0 aliphatic rings. The average molecular weight is 394 g/mol. The molecule has 0 saturated heterocycles. The molecule has 142 valence electrons. The molecule has 0 radical (unpaired) electrons. The quantitative estimate of drug-likeness (QED) is 0.525. The van der Waals surface area contributed by atoms with E-state index >= 15 is 0 Å². The van der Waals surface area contributed by atoms with Crippen molar-refractivity contribution in [3.05, 3.63) is 65.3 Å². The highest BCUT2D eigenvalue weighted by molar-refractivity contribution is 7.99. The number of carbonyl (C=O) groups is 1. The van der Waals surface area contributed by atoms with Crippen LogP contribution in [0.4, 0.5) is 5.69 Å². The van der Waals surface area contributed by atoms with Gasteiger partial charge in [-0.2, -0.15) is 0 Å². The van der Waals surface area contributed by atoms with Crippen LogP contribution in [0.1, 0.15) is 0 Å². The zero-order valence-electron chi connectivity index (χ0n) is 15.4. The van der Waals surface area contributed by atoms with Gasteiger partial charge in [-0.25, -0.2) is 14.5 Å². The summed E-state index contributed by atoms with van der Waals surface area (Å²) < 4.78 is 4.80. The molecule has 0 aliphatic heterocycles. The van der Waals surface area contributed by atoms with Crippen molar-refractivity contribution in [3.8, 4) is 5.69 Å². The molecule has 0 bridgehead atoms. The zero-order chi connectivity index (χ0) is 19.7. The number of hydrogen-bond donors (Lipinski definition) is 1. The van der Waals surface area contributed by atoms with E-state index in [1.807, 2.05) is 36.4 Å². The summed E-state index contributed by atoms with van der Waals surface area (Å²) in [5.74, 6) is 0.0197. The molecule has 1 N–H and O–H groups in total. The van der Waals surface area contributed by atoms with E-state index in [1.165, 1.54) is 11.8 Å². The highest BCUT2D eigenvalue weighted by Gasteiger charge is 2.11. The lowest BCUT2D eigenvalue weighted by Gasteiger charge is -2.05. The van der Waals surface area contributed by atoms with E-state index in [2.05, 4.69) is 15.4 Å². The van der Waals surface area contributed by atoms with E-state index in [-0.39, 0.29) is 17.3 Å². The maximum Gasteiger partial charge on any atom is 0.328 e. The number of carbonyl (C=O) groups excluding carboxylic acids is 1. The van der Waals surface area contributed by atoms with E-state index in [1.54, 1.807) is 46.4 Å². The molecule has 4 aromatic rings. The second-order valence-electron chi connectivity index (χ2n) is 6.25. The molecule has 0 aliphatic carbocycles. The molecule has 9 heteroatoms. The summed E-state index contributed by atoms with van der Waals surface area (Å²) in [4.78, 5) is 28.5.